The van der Waals surface area contributed by atoms with Gasteiger partial charge in [0.1, 0.15) is 5.25 Å². The first-order valence-electron chi connectivity index (χ1n) is 4.02. The summed E-state index contributed by atoms with van der Waals surface area (Å²) in [5.74, 6) is -3.45. The van der Waals surface area contributed by atoms with E-state index in [-0.39, 0.29) is 4.90 Å². The minimum Gasteiger partial charge on any atom is -0.480 e. The number of halogens is 2. The lowest BCUT2D eigenvalue weighted by Gasteiger charge is -2.06. The molecule has 1 N–H and O–H groups in total. The quantitative estimate of drug-likeness (QED) is 0.863. The molecule has 0 amide bonds. The summed E-state index contributed by atoms with van der Waals surface area (Å²) in [6.45, 7) is 1.24. The highest BCUT2D eigenvalue weighted by Gasteiger charge is 2.21. The fraction of sp³-hybridized carbons (Fsp3) is 0.222. The van der Waals surface area contributed by atoms with Crippen molar-refractivity contribution in [1.29, 1.82) is 0 Å². The molecule has 15 heavy (non-hydrogen) atoms. The first-order chi connectivity index (χ1) is 6.93. The van der Waals surface area contributed by atoms with Crippen LogP contribution in [0.15, 0.2) is 23.1 Å². The van der Waals surface area contributed by atoms with Crippen molar-refractivity contribution in [3.05, 3.63) is 29.8 Å². The molecule has 2 unspecified atom stereocenters. The van der Waals surface area contributed by atoms with Gasteiger partial charge in [-0.3, -0.25) is 9.00 Å². The highest BCUT2D eigenvalue weighted by Crippen LogP contribution is 2.15. The lowest BCUT2D eigenvalue weighted by Crippen LogP contribution is -2.21. The van der Waals surface area contributed by atoms with Gasteiger partial charge in [-0.2, -0.15) is 0 Å². The van der Waals surface area contributed by atoms with E-state index < -0.39 is 33.7 Å². The topological polar surface area (TPSA) is 54.4 Å². The van der Waals surface area contributed by atoms with Gasteiger partial charge in [0.15, 0.2) is 11.6 Å². The van der Waals surface area contributed by atoms with Crippen molar-refractivity contribution < 1.29 is 22.9 Å². The molecule has 0 saturated heterocycles. The van der Waals surface area contributed by atoms with Crippen molar-refractivity contribution in [1.82, 2.24) is 0 Å². The van der Waals surface area contributed by atoms with E-state index in [0.29, 0.717) is 0 Å². The van der Waals surface area contributed by atoms with Crippen LogP contribution in [0.1, 0.15) is 6.92 Å². The van der Waals surface area contributed by atoms with Crippen LogP contribution in [0.4, 0.5) is 8.78 Å². The SMILES string of the molecule is CC(C(=O)O)S(=O)c1ccc(F)c(F)c1. The van der Waals surface area contributed by atoms with E-state index in [2.05, 4.69) is 0 Å². The van der Waals surface area contributed by atoms with E-state index in [0.717, 1.165) is 18.2 Å². The van der Waals surface area contributed by atoms with Crippen molar-refractivity contribution in [3.8, 4) is 0 Å². The van der Waals surface area contributed by atoms with E-state index in [4.69, 9.17) is 5.11 Å². The molecule has 2 atom stereocenters. The maximum atomic E-state index is 12.7. The van der Waals surface area contributed by atoms with Gasteiger partial charge in [-0.05, 0) is 25.1 Å². The average Bonchev–Trinajstić information content (AvgIpc) is 2.19. The second kappa shape index (κ2) is 4.48. The smallest absolute Gasteiger partial charge is 0.319 e. The largest absolute Gasteiger partial charge is 0.480 e. The van der Waals surface area contributed by atoms with Crippen LogP contribution < -0.4 is 0 Å². The normalized spacial score (nSPS) is 14.6. The molecule has 0 aliphatic carbocycles. The average molecular weight is 234 g/mol. The standard InChI is InChI=1S/C9H8F2O3S/c1-5(9(12)13)15(14)6-2-3-7(10)8(11)4-6/h2-5H,1H3,(H,12,13). The van der Waals surface area contributed by atoms with Crippen molar-refractivity contribution in [2.75, 3.05) is 0 Å². The van der Waals surface area contributed by atoms with Crippen LogP contribution in [-0.2, 0) is 15.6 Å². The molecule has 0 aromatic heterocycles. The van der Waals surface area contributed by atoms with E-state index in [1.807, 2.05) is 0 Å². The van der Waals surface area contributed by atoms with Crippen LogP contribution in [0.5, 0.6) is 0 Å². The molecule has 0 bridgehead atoms. The number of carbonyl (C=O) groups is 1. The van der Waals surface area contributed by atoms with Gasteiger partial charge in [-0.15, -0.1) is 0 Å². The first-order valence-corrected chi connectivity index (χ1v) is 5.23. The first kappa shape index (κ1) is 11.8. The van der Waals surface area contributed by atoms with Crippen LogP contribution in [0, 0.1) is 11.6 Å². The third kappa shape index (κ3) is 2.59. The third-order valence-electron chi connectivity index (χ3n) is 1.79. The van der Waals surface area contributed by atoms with Gasteiger partial charge in [0.05, 0.1) is 10.8 Å². The number of carboxylic acid groups (broad SMARTS) is 1. The molecule has 0 fully saturated rings. The van der Waals surface area contributed by atoms with E-state index in [9.17, 15) is 17.8 Å². The molecule has 1 aromatic rings. The van der Waals surface area contributed by atoms with Crippen molar-refractivity contribution >= 4 is 16.8 Å². The molecular formula is C9H8F2O3S. The zero-order chi connectivity index (χ0) is 11.6. The zero-order valence-corrected chi connectivity index (χ0v) is 8.55. The Labute approximate surface area is 87.2 Å². The van der Waals surface area contributed by atoms with Gasteiger partial charge < -0.3 is 5.11 Å². The minimum atomic E-state index is -1.88. The maximum absolute atomic E-state index is 12.7. The number of hydrogen-bond acceptors (Lipinski definition) is 2. The molecule has 82 valence electrons. The molecule has 0 saturated carbocycles. The van der Waals surface area contributed by atoms with Crippen molar-refractivity contribution in [2.24, 2.45) is 0 Å². The monoisotopic (exact) mass is 234 g/mol. The highest BCUT2D eigenvalue weighted by atomic mass is 32.2. The molecule has 0 radical (unpaired) electrons. The summed E-state index contributed by atoms with van der Waals surface area (Å²) in [5, 5.41) is 7.42. The molecule has 1 rings (SSSR count). The second-order valence-corrected chi connectivity index (χ2v) is 4.63. The lowest BCUT2D eigenvalue weighted by molar-refractivity contribution is -0.136. The number of rotatable bonds is 3. The summed E-state index contributed by atoms with van der Waals surface area (Å²) < 4.78 is 36.8. The van der Waals surface area contributed by atoms with E-state index in [1.165, 1.54) is 6.92 Å². The molecule has 0 aliphatic rings. The van der Waals surface area contributed by atoms with E-state index in [1.54, 1.807) is 0 Å². The van der Waals surface area contributed by atoms with Gasteiger partial charge in [-0.25, -0.2) is 8.78 Å². The van der Waals surface area contributed by atoms with Gasteiger partial charge in [0, 0.05) is 4.90 Å². The Balaban J connectivity index is 3.02. The van der Waals surface area contributed by atoms with Gasteiger partial charge in [0.25, 0.3) is 0 Å². The Kier molecular flexibility index (Phi) is 3.52. The van der Waals surface area contributed by atoms with Crippen LogP contribution >= 0.6 is 0 Å². The lowest BCUT2D eigenvalue weighted by atomic mass is 10.3. The van der Waals surface area contributed by atoms with Gasteiger partial charge >= 0.3 is 5.97 Å². The molecular weight excluding hydrogens is 226 g/mol. The number of aliphatic carboxylic acids is 1. The molecule has 1 aromatic carbocycles. The predicted molar refractivity (Wildman–Crippen MR) is 49.9 cm³/mol. The molecule has 0 spiro atoms. The Morgan fingerprint density at radius 3 is 2.47 bits per heavy atom. The summed E-state index contributed by atoms with van der Waals surface area (Å²) in [6, 6.07) is 2.66. The second-order valence-electron chi connectivity index (χ2n) is 2.85. The summed E-state index contributed by atoms with van der Waals surface area (Å²) in [7, 11) is -1.88. The third-order valence-corrected chi connectivity index (χ3v) is 3.35. The molecule has 0 aliphatic heterocycles. The Morgan fingerprint density at radius 2 is 2.00 bits per heavy atom. The summed E-state index contributed by atoms with van der Waals surface area (Å²) >= 11 is 0. The Bertz CT molecular complexity index is 420. The van der Waals surface area contributed by atoms with Crippen molar-refractivity contribution in [2.45, 2.75) is 17.1 Å². The predicted octanol–water partition coefficient (Wildman–Crippen LogP) is 1.55. The van der Waals surface area contributed by atoms with Crippen LogP contribution in [0.25, 0.3) is 0 Å². The van der Waals surface area contributed by atoms with Crippen LogP contribution in [-0.4, -0.2) is 20.5 Å². The summed E-state index contributed by atoms with van der Waals surface area (Å²) in [6.07, 6.45) is 0. The van der Waals surface area contributed by atoms with Gasteiger partial charge in [0.2, 0.25) is 0 Å². The van der Waals surface area contributed by atoms with Crippen LogP contribution in [0.2, 0.25) is 0 Å². The number of benzene rings is 1. The summed E-state index contributed by atoms with van der Waals surface area (Å²) in [5.41, 5.74) is 0. The highest BCUT2D eigenvalue weighted by molar-refractivity contribution is 7.86. The summed E-state index contributed by atoms with van der Waals surface area (Å²) in [4.78, 5) is 10.5. The Hall–Kier alpha value is -1.30. The number of carboxylic acids is 1. The minimum absolute atomic E-state index is 0.0381. The maximum Gasteiger partial charge on any atom is 0.319 e. The van der Waals surface area contributed by atoms with Crippen molar-refractivity contribution in [3.63, 3.8) is 0 Å². The Morgan fingerprint density at radius 1 is 1.40 bits per heavy atom. The molecule has 0 heterocycles. The molecule has 3 nitrogen and oxygen atoms in total. The zero-order valence-electron chi connectivity index (χ0n) is 7.74. The van der Waals surface area contributed by atoms with E-state index >= 15 is 0 Å². The number of hydrogen-bond donors (Lipinski definition) is 1. The van der Waals surface area contributed by atoms with Crippen LogP contribution in [0.3, 0.4) is 0 Å². The molecule has 6 heteroatoms. The van der Waals surface area contributed by atoms with Gasteiger partial charge in [-0.1, -0.05) is 0 Å². The fourth-order valence-electron chi connectivity index (χ4n) is 0.898. The fourth-order valence-corrected chi connectivity index (χ4v) is 1.91.